The van der Waals surface area contributed by atoms with E-state index in [0.717, 1.165) is 0 Å². The Bertz CT molecular complexity index is 181. The van der Waals surface area contributed by atoms with E-state index in [1.165, 1.54) is 0 Å². The number of carboxylic acids is 1. The molecule has 0 bridgehead atoms. The summed E-state index contributed by atoms with van der Waals surface area (Å²) in [6, 6.07) is 0. The van der Waals surface area contributed by atoms with Crippen molar-refractivity contribution in [3.63, 3.8) is 0 Å². The minimum absolute atomic E-state index is 0.519. The van der Waals surface area contributed by atoms with Gasteiger partial charge in [-0.1, -0.05) is 0 Å². The van der Waals surface area contributed by atoms with Crippen molar-refractivity contribution in [3.05, 3.63) is 12.2 Å². The molecule has 0 spiro atoms. The first-order valence-corrected chi connectivity index (χ1v) is 2.50. The van der Waals surface area contributed by atoms with Gasteiger partial charge in [0.1, 0.15) is 0 Å². The fraction of sp³-hybridized carbons (Fsp3) is 0.200. The van der Waals surface area contributed by atoms with Crippen LogP contribution in [0.2, 0.25) is 0 Å². The summed E-state index contributed by atoms with van der Waals surface area (Å²) in [7, 11) is 0. The molecule has 0 saturated heterocycles. The molecule has 0 aliphatic carbocycles. The summed E-state index contributed by atoms with van der Waals surface area (Å²) in [6.07, 6.45) is 1.08. The number of hydrogen-bond donors (Lipinski definition) is 3. The van der Waals surface area contributed by atoms with E-state index in [0.29, 0.717) is 12.2 Å². The van der Waals surface area contributed by atoms with E-state index in [2.05, 4.69) is 4.74 Å². The normalized spacial score (nSPS) is 10.5. The molecule has 0 radical (unpaired) electrons. The molecule has 3 N–H and O–H groups in total. The van der Waals surface area contributed by atoms with Crippen molar-refractivity contribution in [2.24, 2.45) is 0 Å². The molecule has 0 heterocycles. The molecular weight excluding hydrogens is 156 g/mol. The van der Waals surface area contributed by atoms with E-state index in [1.54, 1.807) is 0 Å². The average Bonchev–Trinajstić information content (AvgIpc) is 1.82. The predicted octanol–water partition coefficient (Wildman–Crippen LogP) is -1.56. The average molecular weight is 162 g/mol. The van der Waals surface area contributed by atoms with Gasteiger partial charge in [-0.25, -0.2) is 9.59 Å². The van der Waals surface area contributed by atoms with Gasteiger partial charge in [0.25, 0.3) is 0 Å². The highest BCUT2D eigenvalue weighted by Crippen LogP contribution is 1.84. The van der Waals surface area contributed by atoms with Crippen LogP contribution in [-0.2, 0) is 14.3 Å². The summed E-state index contributed by atoms with van der Waals surface area (Å²) >= 11 is 0. The second-order valence-corrected chi connectivity index (χ2v) is 1.43. The van der Waals surface area contributed by atoms with Crippen molar-refractivity contribution < 1.29 is 29.6 Å². The Balaban J connectivity index is 3.78. The van der Waals surface area contributed by atoms with Gasteiger partial charge < -0.3 is 20.1 Å². The van der Waals surface area contributed by atoms with Crippen molar-refractivity contribution in [2.75, 3.05) is 0 Å². The van der Waals surface area contributed by atoms with Gasteiger partial charge in [-0.2, -0.15) is 0 Å². The van der Waals surface area contributed by atoms with E-state index in [1.807, 2.05) is 0 Å². The Labute approximate surface area is 61.3 Å². The first kappa shape index (κ1) is 9.60. The second kappa shape index (κ2) is 4.42. The van der Waals surface area contributed by atoms with Crippen LogP contribution in [0.1, 0.15) is 0 Å². The summed E-state index contributed by atoms with van der Waals surface area (Å²) < 4.78 is 3.72. The van der Waals surface area contributed by atoms with E-state index in [-0.39, 0.29) is 0 Å². The van der Waals surface area contributed by atoms with Crippen LogP contribution in [-0.4, -0.2) is 33.7 Å². The number of ether oxygens (including phenoxy) is 1. The number of aliphatic hydroxyl groups excluding tert-OH is 1. The summed E-state index contributed by atoms with van der Waals surface area (Å²) in [5.41, 5.74) is 0. The SMILES string of the molecule is O=C(O)C=CC(=O)OC(O)O. The third-order valence-electron chi connectivity index (χ3n) is 0.584. The van der Waals surface area contributed by atoms with Crippen LogP contribution in [0, 0.1) is 0 Å². The molecule has 0 saturated carbocycles. The van der Waals surface area contributed by atoms with Gasteiger partial charge in [0, 0.05) is 12.2 Å². The molecule has 0 aromatic carbocycles. The Hall–Kier alpha value is -1.40. The smallest absolute Gasteiger partial charge is 0.335 e. The molecule has 6 heteroatoms. The fourth-order valence-electron chi connectivity index (χ4n) is 0.283. The molecule has 6 nitrogen and oxygen atoms in total. The highest BCUT2D eigenvalue weighted by molar-refractivity contribution is 5.90. The Morgan fingerprint density at radius 1 is 1.27 bits per heavy atom. The summed E-state index contributed by atoms with van der Waals surface area (Å²) in [4.78, 5) is 20.0. The lowest BCUT2D eigenvalue weighted by Crippen LogP contribution is -2.14. The molecular formula is C5H6O6. The van der Waals surface area contributed by atoms with Gasteiger partial charge in [-0.3, -0.25) is 0 Å². The molecule has 11 heavy (non-hydrogen) atoms. The number of carboxylic acid groups (broad SMARTS) is 1. The van der Waals surface area contributed by atoms with Crippen LogP contribution in [0.25, 0.3) is 0 Å². The number of aliphatic hydroxyl groups is 2. The van der Waals surface area contributed by atoms with Gasteiger partial charge >= 0.3 is 18.4 Å². The molecule has 62 valence electrons. The Kier molecular flexibility index (Phi) is 3.86. The Morgan fingerprint density at radius 3 is 2.18 bits per heavy atom. The van der Waals surface area contributed by atoms with Gasteiger partial charge in [0.15, 0.2) is 0 Å². The largest absolute Gasteiger partial charge is 0.478 e. The van der Waals surface area contributed by atoms with E-state index < -0.39 is 18.4 Å². The summed E-state index contributed by atoms with van der Waals surface area (Å²) in [6.45, 7) is -2.22. The fourth-order valence-corrected chi connectivity index (χ4v) is 0.283. The molecule has 0 amide bonds. The van der Waals surface area contributed by atoms with Crippen LogP contribution in [0.3, 0.4) is 0 Å². The zero-order valence-electron chi connectivity index (χ0n) is 5.30. The van der Waals surface area contributed by atoms with Crippen LogP contribution in [0.5, 0.6) is 0 Å². The monoisotopic (exact) mass is 162 g/mol. The van der Waals surface area contributed by atoms with Crippen molar-refractivity contribution in [3.8, 4) is 0 Å². The molecule has 0 aliphatic rings. The Morgan fingerprint density at radius 2 is 1.82 bits per heavy atom. The zero-order chi connectivity index (χ0) is 8.85. The first-order valence-electron chi connectivity index (χ1n) is 2.50. The minimum atomic E-state index is -2.22. The molecule has 0 aliphatic heterocycles. The number of esters is 1. The molecule has 0 aromatic rings. The third kappa shape index (κ3) is 6.49. The maximum absolute atomic E-state index is 10.3. The predicted molar refractivity (Wildman–Crippen MR) is 31.1 cm³/mol. The van der Waals surface area contributed by atoms with Crippen LogP contribution >= 0.6 is 0 Å². The lowest BCUT2D eigenvalue weighted by atomic mass is 10.5. The van der Waals surface area contributed by atoms with Gasteiger partial charge in [0.05, 0.1) is 0 Å². The van der Waals surface area contributed by atoms with Crippen molar-refractivity contribution in [2.45, 2.75) is 6.48 Å². The van der Waals surface area contributed by atoms with Gasteiger partial charge in [0.2, 0.25) is 0 Å². The van der Waals surface area contributed by atoms with Gasteiger partial charge in [-0.05, 0) is 0 Å². The quantitative estimate of drug-likeness (QED) is 0.263. The summed E-state index contributed by atoms with van der Waals surface area (Å²) in [5, 5.41) is 24.0. The molecule has 0 unspecified atom stereocenters. The minimum Gasteiger partial charge on any atom is -0.478 e. The molecule has 0 atom stereocenters. The number of hydrogen-bond acceptors (Lipinski definition) is 5. The van der Waals surface area contributed by atoms with Crippen molar-refractivity contribution >= 4 is 11.9 Å². The van der Waals surface area contributed by atoms with E-state index >= 15 is 0 Å². The standard InChI is InChI=1S/C5H6O6/c6-3(7)1-2-4(8)11-5(9)10/h1-2,5,9-10H,(H,6,7). The molecule has 0 fully saturated rings. The maximum atomic E-state index is 10.3. The lowest BCUT2D eigenvalue weighted by Gasteiger charge is -2.00. The number of carbonyl (C=O) groups is 2. The van der Waals surface area contributed by atoms with E-state index in [4.69, 9.17) is 15.3 Å². The van der Waals surface area contributed by atoms with Crippen LogP contribution in [0.4, 0.5) is 0 Å². The molecule has 0 aromatic heterocycles. The first-order chi connectivity index (χ1) is 5.02. The highest BCUT2D eigenvalue weighted by Gasteiger charge is 2.02. The topological polar surface area (TPSA) is 104 Å². The number of aliphatic carboxylic acids is 1. The van der Waals surface area contributed by atoms with Crippen molar-refractivity contribution in [1.82, 2.24) is 0 Å². The van der Waals surface area contributed by atoms with Crippen LogP contribution in [0.15, 0.2) is 12.2 Å². The van der Waals surface area contributed by atoms with Gasteiger partial charge in [-0.15, -0.1) is 0 Å². The summed E-state index contributed by atoms with van der Waals surface area (Å²) in [5.74, 6) is -2.46. The van der Waals surface area contributed by atoms with Crippen molar-refractivity contribution in [1.29, 1.82) is 0 Å². The van der Waals surface area contributed by atoms with Crippen LogP contribution < -0.4 is 0 Å². The zero-order valence-corrected chi connectivity index (χ0v) is 5.30. The highest BCUT2D eigenvalue weighted by atomic mass is 16.7. The third-order valence-corrected chi connectivity index (χ3v) is 0.584. The van der Waals surface area contributed by atoms with E-state index in [9.17, 15) is 9.59 Å². The number of carbonyl (C=O) groups excluding carboxylic acids is 1. The number of rotatable bonds is 3. The second-order valence-electron chi connectivity index (χ2n) is 1.43. The lowest BCUT2D eigenvalue weighted by molar-refractivity contribution is -0.225. The molecule has 0 rings (SSSR count). The maximum Gasteiger partial charge on any atom is 0.335 e.